The van der Waals surface area contributed by atoms with Gasteiger partial charge < -0.3 is 19.3 Å². The summed E-state index contributed by atoms with van der Waals surface area (Å²) in [7, 11) is -4.31. The molecular weight excluding hydrogens is 519 g/mol. The van der Waals surface area contributed by atoms with Crippen LogP contribution in [0, 0.1) is 0 Å². The summed E-state index contributed by atoms with van der Waals surface area (Å²) >= 11 is 0. The molecule has 1 N–H and O–H groups in total. The number of phosphoric acid groups is 1. The van der Waals surface area contributed by atoms with Crippen molar-refractivity contribution in [3.05, 3.63) is 29.3 Å². The normalized spacial score (nSPS) is 17.2. The van der Waals surface area contributed by atoms with Gasteiger partial charge in [-0.1, -0.05) is 6.92 Å². The monoisotopic (exact) mass is 542 g/mol. The summed E-state index contributed by atoms with van der Waals surface area (Å²) < 4.78 is 26.5. The van der Waals surface area contributed by atoms with Crippen LogP contribution in [0.2, 0.25) is 0 Å². The lowest BCUT2D eigenvalue weighted by molar-refractivity contribution is -0.173. The number of ether oxygens (including phenoxy) is 1. The van der Waals surface area contributed by atoms with Crippen molar-refractivity contribution in [3.63, 3.8) is 0 Å². The molecular formula is C21H23N2O13P. The van der Waals surface area contributed by atoms with Crippen LogP contribution < -0.4 is 4.74 Å². The van der Waals surface area contributed by atoms with Gasteiger partial charge in [-0.25, -0.2) is 14.2 Å². The van der Waals surface area contributed by atoms with Gasteiger partial charge >= 0.3 is 19.8 Å². The zero-order valence-electron chi connectivity index (χ0n) is 19.6. The minimum atomic E-state index is -4.31. The van der Waals surface area contributed by atoms with Gasteiger partial charge in [0.2, 0.25) is 0 Å². The molecule has 15 nitrogen and oxygen atoms in total. The molecule has 0 radical (unpaired) electrons. The zero-order chi connectivity index (χ0) is 27.2. The quantitative estimate of drug-likeness (QED) is 0.224. The fourth-order valence-corrected chi connectivity index (χ4v) is 3.85. The molecule has 3 rings (SSSR count). The Bertz CT molecular complexity index is 1070. The van der Waals surface area contributed by atoms with E-state index in [4.69, 9.17) is 18.9 Å². The molecule has 2 aliphatic heterocycles. The molecule has 16 heteroatoms. The zero-order valence-corrected chi connectivity index (χ0v) is 20.5. The molecule has 37 heavy (non-hydrogen) atoms. The van der Waals surface area contributed by atoms with Crippen LogP contribution in [-0.4, -0.2) is 70.4 Å². The molecule has 200 valence electrons. The van der Waals surface area contributed by atoms with Gasteiger partial charge in [0.05, 0.1) is 24.3 Å². The minimum Gasteiger partial charge on any atom is -0.491 e. The molecule has 1 unspecified atom stereocenters. The Morgan fingerprint density at radius 2 is 1.22 bits per heavy atom. The lowest BCUT2D eigenvalue weighted by Crippen LogP contribution is -2.33. The highest BCUT2D eigenvalue weighted by Gasteiger charge is 2.35. The highest BCUT2D eigenvalue weighted by molar-refractivity contribution is 7.47. The maximum Gasteiger partial charge on any atom is 0.472 e. The molecule has 0 aliphatic carbocycles. The molecule has 2 saturated heterocycles. The molecule has 0 saturated carbocycles. The van der Waals surface area contributed by atoms with E-state index in [2.05, 4.69) is 4.52 Å². The molecule has 2 heterocycles. The van der Waals surface area contributed by atoms with E-state index in [0.717, 1.165) is 18.2 Å². The van der Waals surface area contributed by atoms with Crippen LogP contribution in [0.3, 0.4) is 0 Å². The molecule has 2 aliphatic rings. The summed E-state index contributed by atoms with van der Waals surface area (Å²) in [5.74, 6) is -5.45. The number of carbonyl (C=O) groups excluding carboxylic acids is 6. The number of nitrogens with zero attached hydrogens (tertiary/aromatic N) is 2. The lowest BCUT2D eigenvalue weighted by Gasteiger charge is -2.16. The Hall–Kier alpha value is -3.65. The van der Waals surface area contributed by atoms with Gasteiger partial charge in [0.25, 0.3) is 23.6 Å². The van der Waals surface area contributed by atoms with Crippen molar-refractivity contribution in [2.24, 2.45) is 0 Å². The predicted octanol–water partition coefficient (Wildman–Crippen LogP) is 1.05. The average Bonchev–Trinajstić information content (AvgIpc) is 3.35. The van der Waals surface area contributed by atoms with E-state index in [1.807, 2.05) is 0 Å². The van der Waals surface area contributed by atoms with Gasteiger partial charge in [-0.2, -0.15) is 0 Å². The molecule has 0 aromatic heterocycles. The van der Waals surface area contributed by atoms with Crippen molar-refractivity contribution in [2.45, 2.75) is 39.0 Å². The standard InChI is InChI=1S/C21H23N2O13P/c1-2-7-33-37(30,31)34-9-8-32-15-11-13(20(28)35-22-16(24)3-4-17(22)25)10-14(12-15)21(29)36-23-18(26)5-6-19(23)27/h10-12H,2-9H2,1H3,(H,30,31). The number of hydroxylamine groups is 4. The summed E-state index contributed by atoms with van der Waals surface area (Å²) in [5.41, 5.74) is -0.702. The van der Waals surface area contributed by atoms with Crippen LogP contribution in [0.5, 0.6) is 5.75 Å². The Balaban J connectivity index is 1.76. The van der Waals surface area contributed by atoms with E-state index < -0.39 is 50.0 Å². The van der Waals surface area contributed by atoms with Gasteiger partial charge in [-0.05, 0) is 24.6 Å². The van der Waals surface area contributed by atoms with Crippen molar-refractivity contribution in [1.29, 1.82) is 0 Å². The summed E-state index contributed by atoms with van der Waals surface area (Å²) in [5, 5.41) is 0.608. The fourth-order valence-electron chi connectivity index (χ4n) is 3.06. The van der Waals surface area contributed by atoms with Gasteiger partial charge in [-0.15, -0.1) is 10.1 Å². The Morgan fingerprint density at radius 1 is 0.784 bits per heavy atom. The van der Waals surface area contributed by atoms with Gasteiger partial charge in [0, 0.05) is 25.7 Å². The number of benzene rings is 1. The Kier molecular flexibility index (Phi) is 9.10. The molecule has 1 atom stereocenters. The third-order valence-electron chi connectivity index (χ3n) is 4.80. The largest absolute Gasteiger partial charge is 0.491 e. The Morgan fingerprint density at radius 3 is 1.65 bits per heavy atom. The molecule has 4 amide bonds. The van der Waals surface area contributed by atoms with E-state index in [-0.39, 0.29) is 55.8 Å². The van der Waals surface area contributed by atoms with Gasteiger partial charge in [0.15, 0.2) is 0 Å². The highest BCUT2D eigenvalue weighted by atomic mass is 31.2. The number of rotatable bonds is 12. The number of amides is 4. The van der Waals surface area contributed by atoms with Gasteiger partial charge in [-0.3, -0.25) is 28.2 Å². The Labute approximate surface area is 209 Å². The van der Waals surface area contributed by atoms with Crippen molar-refractivity contribution >= 4 is 43.4 Å². The number of imide groups is 2. The van der Waals surface area contributed by atoms with E-state index in [1.165, 1.54) is 0 Å². The number of carbonyl (C=O) groups is 6. The first kappa shape index (κ1) is 27.9. The van der Waals surface area contributed by atoms with Crippen molar-refractivity contribution < 1.29 is 61.7 Å². The van der Waals surface area contributed by atoms with Crippen LogP contribution in [0.4, 0.5) is 0 Å². The maximum atomic E-state index is 12.6. The predicted molar refractivity (Wildman–Crippen MR) is 117 cm³/mol. The summed E-state index contributed by atoms with van der Waals surface area (Å²) in [6.07, 6.45) is -0.0684. The smallest absolute Gasteiger partial charge is 0.472 e. The van der Waals surface area contributed by atoms with E-state index in [0.29, 0.717) is 16.5 Å². The SMILES string of the molecule is CCCOP(=O)(O)OCCOc1cc(C(=O)ON2C(=O)CCC2=O)cc(C(=O)ON2C(=O)CCC2=O)c1. The maximum absolute atomic E-state index is 12.6. The minimum absolute atomic E-state index is 0.00564. The third kappa shape index (κ3) is 7.43. The summed E-state index contributed by atoms with van der Waals surface area (Å²) in [6, 6.07) is 3.18. The van der Waals surface area contributed by atoms with E-state index in [1.54, 1.807) is 6.92 Å². The van der Waals surface area contributed by atoms with Crippen LogP contribution >= 0.6 is 7.82 Å². The first-order chi connectivity index (χ1) is 17.5. The van der Waals surface area contributed by atoms with Crippen molar-refractivity contribution in [1.82, 2.24) is 10.1 Å². The molecule has 0 bridgehead atoms. The second-order valence-corrected chi connectivity index (χ2v) is 9.10. The van der Waals surface area contributed by atoms with Crippen LogP contribution in [0.15, 0.2) is 18.2 Å². The van der Waals surface area contributed by atoms with E-state index >= 15 is 0 Å². The first-order valence-corrected chi connectivity index (χ1v) is 12.6. The highest BCUT2D eigenvalue weighted by Crippen LogP contribution is 2.42. The summed E-state index contributed by atoms with van der Waals surface area (Å²) in [6.45, 7) is 0.974. The number of phosphoric ester groups is 1. The van der Waals surface area contributed by atoms with Gasteiger partial charge in [0.1, 0.15) is 12.4 Å². The number of hydrogen-bond donors (Lipinski definition) is 1. The third-order valence-corrected chi connectivity index (χ3v) is 5.82. The first-order valence-electron chi connectivity index (χ1n) is 11.1. The molecule has 2 fully saturated rings. The topological polar surface area (TPSA) is 192 Å². The average molecular weight is 542 g/mol. The van der Waals surface area contributed by atoms with Crippen LogP contribution in [-0.2, 0) is 42.5 Å². The summed E-state index contributed by atoms with van der Waals surface area (Å²) in [4.78, 5) is 91.5. The van der Waals surface area contributed by atoms with Crippen molar-refractivity contribution in [2.75, 3.05) is 19.8 Å². The van der Waals surface area contributed by atoms with E-state index in [9.17, 15) is 38.2 Å². The lowest BCUT2D eigenvalue weighted by atomic mass is 10.1. The van der Waals surface area contributed by atoms with Crippen LogP contribution in [0.1, 0.15) is 59.7 Å². The number of hydrogen-bond acceptors (Lipinski definition) is 12. The second-order valence-electron chi connectivity index (χ2n) is 7.65. The second kappa shape index (κ2) is 12.1. The molecule has 0 spiro atoms. The van der Waals surface area contributed by atoms with Crippen molar-refractivity contribution in [3.8, 4) is 5.75 Å². The molecule has 1 aromatic carbocycles. The molecule has 1 aromatic rings. The fraction of sp³-hybridized carbons (Fsp3) is 0.429. The van der Waals surface area contributed by atoms with Crippen LogP contribution in [0.25, 0.3) is 0 Å².